The second-order valence-corrected chi connectivity index (χ2v) is 6.46. The van der Waals surface area contributed by atoms with Crippen LogP contribution in [0.2, 0.25) is 0 Å². The van der Waals surface area contributed by atoms with Gasteiger partial charge in [0, 0.05) is 19.5 Å². The van der Waals surface area contributed by atoms with Crippen LogP contribution >= 0.6 is 0 Å². The molecule has 2 unspecified atom stereocenters. The number of likely N-dealkylation sites (tertiary alicyclic amines) is 1. The maximum Gasteiger partial charge on any atom is 0.326 e. The van der Waals surface area contributed by atoms with E-state index in [0.717, 1.165) is 12.8 Å². The van der Waals surface area contributed by atoms with Crippen molar-refractivity contribution in [2.45, 2.75) is 58.9 Å². The topological polar surface area (TPSA) is 86.7 Å². The Labute approximate surface area is 132 Å². The third-order valence-corrected chi connectivity index (χ3v) is 3.93. The molecule has 0 aromatic heterocycles. The summed E-state index contributed by atoms with van der Waals surface area (Å²) in [7, 11) is 0. The van der Waals surface area contributed by atoms with Crippen LogP contribution in [0.15, 0.2) is 0 Å². The lowest BCUT2D eigenvalue weighted by Crippen LogP contribution is -2.49. The first-order valence-corrected chi connectivity index (χ1v) is 8.16. The lowest BCUT2D eigenvalue weighted by molar-refractivity contribution is -0.144. The average molecular weight is 312 g/mol. The van der Waals surface area contributed by atoms with Crippen LogP contribution < -0.4 is 5.32 Å². The third-order valence-electron chi connectivity index (χ3n) is 3.93. The van der Waals surface area contributed by atoms with E-state index < -0.39 is 12.0 Å². The maximum absolute atomic E-state index is 12.3. The van der Waals surface area contributed by atoms with E-state index in [4.69, 9.17) is 0 Å². The Bertz CT molecular complexity index is 409. The Kier molecular flexibility index (Phi) is 7.35. The summed E-state index contributed by atoms with van der Waals surface area (Å²) in [6, 6.07) is -0.853. The first-order valence-electron chi connectivity index (χ1n) is 8.16. The summed E-state index contributed by atoms with van der Waals surface area (Å²) in [6.07, 6.45) is 3.19. The number of carboxylic acid groups (broad SMARTS) is 1. The Balaban J connectivity index is 2.60. The number of carboxylic acids is 1. The minimum absolute atomic E-state index is 0.0805. The van der Waals surface area contributed by atoms with Crippen LogP contribution in [0.1, 0.15) is 52.9 Å². The summed E-state index contributed by atoms with van der Waals surface area (Å²) in [4.78, 5) is 37.2. The summed E-state index contributed by atoms with van der Waals surface area (Å²) in [5.41, 5.74) is 0. The Morgan fingerprint density at radius 2 is 2.00 bits per heavy atom. The molecule has 1 aliphatic rings. The van der Waals surface area contributed by atoms with E-state index in [2.05, 4.69) is 5.32 Å². The van der Waals surface area contributed by atoms with Gasteiger partial charge in [-0.25, -0.2) is 4.79 Å². The summed E-state index contributed by atoms with van der Waals surface area (Å²) in [5.74, 6) is -1.28. The molecule has 6 heteroatoms. The molecule has 1 fully saturated rings. The van der Waals surface area contributed by atoms with Gasteiger partial charge in [-0.3, -0.25) is 9.59 Å². The molecular formula is C16H28N2O4. The van der Waals surface area contributed by atoms with E-state index in [-0.39, 0.29) is 23.7 Å². The predicted molar refractivity (Wildman–Crippen MR) is 83.2 cm³/mol. The molecule has 2 N–H and O–H groups in total. The highest BCUT2D eigenvalue weighted by Crippen LogP contribution is 2.18. The molecule has 0 aromatic rings. The summed E-state index contributed by atoms with van der Waals surface area (Å²) in [6.45, 7) is 6.90. The molecule has 0 spiro atoms. The lowest BCUT2D eigenvalue weighted by Gasteiger charge is -2.32. The second-order valence-electron chi connectivity index (χ2n) is 6.46. The normalized spacial score (nSPS) is 19.8. The van der Waals surface area contributed by atoms with Crippen molar-refractivity contribution in [2.24, 2.45) is 11.8 Å². The number of aliphatic carboxylic acids is 1. The van der Waals surface area contributed by atoms with E-state index in [0.29, 0.717) is 32.4 Å². The Hall–Kier alpha value is -1.59. The van der Waals surface area contributed by atoms with E-state index >= 15 is 0 Å². The van der Waals surface area contributed by atoms with E-state index in [1.165, 1.54) is 0 Å². The highest BCUT2D eigenvalue weighted by molar-refractivity contribution is 5.86. The number of rotatable bonds is 7. The van der Waals surface area contributed by atoms with Gasteiger partial charge in [-0.1, -0.05) is 20.8 Å². The van der Waals surface area contributed by atoms with E-state index in [9.17, 15) is 19.5 Å². The monoisotopic (exact) mass is 312 g/mol. The van der Waals surface area contributed by atoms with Gasteiger partial charge < -0.3 is 15.3 Å². The van der Waals surface area contributed by atoms with Crippen molar-refractivity contribution in [1.82, 2.24) is 10.2 Å². The van der Waals surface area contributed by atoms with Crippen molar-refractivity contribution in [1.29, 1.82) is 0 Å². The van der Waals surface area contributed by atoms with Gasteiger partial charge in [0.15, 0.2) is 0 Å². The number of hydrogen-bond donors (Lipinski definition) is 2. The Morgan fingerprint density at radius 1 is 1.32 bits per heavy atom. The van der Waals surface area contributed by atoms with Crippen LogP contribution in [0.25, 0.3) is 0 Å². The smallest absolute Gasteiger partial charge is 0.326 e. The zero-order valence-electron chi connectivity index (χ0n) is 13.8. The largest absolute Gasteiger partial charge is 0.480 e. The minimum atomic E-state index is -1.00. The molecule has 126 valence electrons. The molecule has 22 heavy (non-hydrogen) atoms. The predicted octanol–water partition coefficient (Wildman–Crippen LogP) is 1.64. The number of nitrogens with one attached hydrogen (secondary N) is 1. The molecule has 0 aromatic carbocycles. The zero-order valence-corrected chi connectivity index (χ0v) is 13.8. The zero-order chi connectivity index (χ0) is 16.7. The van der Waals surface area contributed by atoms with Gasteiger partial charge in [0.25, 0.3) is 0 Å². The number of carbonyl (C=O) groups is 3. The number of carbonyl (C=O) groups excluding carboxylic acids is 2. The molecule has 0 saturated carbocycles. The van der Waals surface area contributed by atoms with Crippen molar-refractivity contribution < 1.29 is 19.5 Å². The summed E-state index contributed by atoms with van der Waals surface area (Å²) >= 11 is 0. The van der Waals surface area contributed by atoms with Gasteiger partial charge in [-0.2, -0.15) is 0 Å². The first-order chi connectivity index (χ1) is 10.3. The van der Waals surface area contributed by atoms with Crippen molar-refractivity contribution in [3.8, 4) is 0 Å². The SMILES string of the molecule is CCCC(=O)N1CCCC(C(=O)NC(CC(C)C)C(=O)O)C1. The maximum atomic E-state index is 12.3. The molecule has 1 saturated heterocycles. The molecular weight excluding hydrogens is 284 g/mol. The quantitative estimate of drug-likeness (QED) is 0.748. The lowest BCUT2D eigenvalue weighted by atomic mass is 9.95. The minimum Gasteiger partial charge on any atom is -0.480 e. The highest BCUT2D eigenvalue weighted by atomic mass is 16.4. The van der Waals surface area contributed by atoms with Crippen LogP contribution in [0.5, 0.6) is 0 Å². The average Bonchev–Trinajstić information content (AvgIpc) is 2.46. The van der Waals surface area contributed by atoms with Crippen LogP contribution in [0.3, 0.4) is 0 Å². The standard InChI is InChI=1S/C16H28N2O4/c1-4-6-14(19)18-8-5-7-12(10-18)15(20)17-13(16(21)22)9-11(2)3/h11-13H,4-10H2,1-3H3,(H,17,20)(H,21,22). The van der Waals surface area contributed by atoms with E-state index in [1.807, 2.05) is 20.8 Å². The van der Waals surface area contributed by atoms with Gasteiger partial charge in [-0.15, -0.1) is 0 Å². The van der Waals surface area contributed by atoms with Crippen molar-refractivity contribution in [3.63, 3.8) is 0 Å². The molecule has 2 atom stereocenters. The van der Waals surface area contributed by atoms with Crippen LogP contribution in [0, 0.1) is 11.8 Å². The first kappa shape index (κ1) is 18.5. The third kappa shape index (κ3) is 5.66. The number of amides is 2. The van der Waals surface area contributed by atoms with Crippen LogP contribution in [0.4, 0.5) is 0 Å². The van der Waals surface area contributed by atoms with Crippen molar-refractivity contribution in [2.75, 3.05) is 13.1 Å². The Morgan fingerprint density at radius 3 is 2.55 bits per heavy atom. The van der Waals surface area contributed by atoms with E-state index in [1.54, 1.807) is 4.90 Å². The van der Waals surface area contributed by atoms with Crippen LogP contribution in [-0.4, -0.2) is 46.9 Å². The molecule has 1 heterocycles. The number of nitrogens with zero attached hydrogens (tertiary/aromatic N) is 1. The van der Waals surface area contributed by atoms with Gasteiger partial charge in [-0.05, 0) is 31.6 Å². The van der Waals surface area contributed by atoms with Crippen molar-refractivity contribution in [3.05, 3.63) is 0 Å². The molecule has 6 nitrogen and oxygen atoms in total. The van der Waals surface area contributed by atoms with Crippen molar-refractivity contribution >= 4 is 17.8 Å². The van der Waals surface area contributed by atoms with Crippen LogP contribution in [-0.2, 0) is 14.4 Å². The van der Waals surface area contributed by atoms with Gasteiger partial charge in [0.2, 0.25) is 11.8 Å². The summed E-state index contributed by atoms with van der Waals surface area (Å²) < 4.78 is 0. The molecule has 1 rings (SSSR count). The number of hydrogen-bond acceptors (Lipinski definition) is 3. The fourth-order valence-electron chi connectivity index (χ4n) is 2.77. The molecule has 0 aliphatic carbocycles. The molecule has 0 radical (unpaired) electrons. The molecule has 1 aliphatic heterocycles. The van der Waals surface area contributed by atoms with Gasteiger partial charge in [0.1, 0.15) is 6.04 Å². The second kappa shape index (κ2) is 8.76. The number of piperidine rings is 1. The fraction of sp³-hybridized carbons (Fsp3) is 0.812. The molecule has 0 bridgehead atoms. The van der Waals surface area contributed by atoms with Gasteiger partial charge in [0.05, 0.1) is 5.92 Å². The fourth-order valence-corrected chi connectivity index (χ4v) is 2.77. The van der Waals surface area contributed by atoms with Gasteiger partial charge >= 0.3 is 5.97 Å². The molecule has 2 amide bonds. The highest BCUT2D eigenvalue weighted by Gasteiger charge is 2.30. The summed E-state index contributed by atoms with van der Waals surface area (Å²) in [5, 5.41) is 11.8.